The molecule has 0 radical (unpaired) electrons. The molecule has 2 rings (SSSR count). The van der Waals surface area contributed by atoms with Crippen LogP contribution < -0.4 is 0 Å². The lowest BCUT2D eigenvalue weighted by Crippen LogP contribution is -2.27. The number of rotatable bonds is 4. The van der Waals surface area contributed by atoms with Crippen LogP contribution in [0.25, 0.3) is 0 Å². The van der Waals surface area contributed by atoms with Gasteiger partial charge >= 0.3 is 0 Å². The van der Waals surface area contributed by atoms with Gasteiger partial charge in [0.05, 0.1) is 12.4 Å². The van der Waals surface area contributed by atoms with Crippen LogP contribution in [0.3, 0.4) is 0 Å². The molecule has 0 aliphatic heterocycles. The molecule has 0 unspecified atom stereocenters. The number of hydrogen-bond donors (Lipinski definition) is 1. The molecule has 0 bridgehead atoms. The van der Waals surface area contributed by atoms with Gasteiger partial charge in [-0.25, -0.2) is 4.39 Å². The van der Waals surface area contributed by atoms with Gasteiger partial charge in [-0.1, -0.05) is 12.2 Å². The Bertz CT molecular complexity index is 294. The van der Waals surface area contributed by atoms with Gasteiger partial charge in [0.2, 0.25) is 0 Å². The van der Waals surface area contributed by atoms with E-state index in [0.29, 0.717) is 6.33 Å². The summed E-state index contributed by atoms with van der Waals surface area (Å²) in [6.07, 6.45) is 16.9. The Morgan fingerprint density at radius 1 is 0.842 bits per heavy atom. The molecule has 0 saturated heterocycles. The van der Waals surface area contributed by atoms with E-state index in [1.54, 1.807) is 0 Å². The van der Waals surface area contributed by atoms with Crippen molar-refractivity contribution in [3.05, 3.63) is 24.6 Å². The third-order valence-corrected chi connectivity index (χ3v) is 5.09. The number of halogens is 1. The zero-order valence-corrected chi connectivity index (χ0v) is 11.8. The lowest BCUT2D eigenvalue weighted by molar-refractivity contribution is 0.0772. The maximum absolute atomic E-state index is 11.8. The van der Waals surface area contributed by atoms with E-state index >= 15 is 0 Å². The van der Waals surface area contributed by atoms with Crippen LogP contribution in [0.2, 0.25) is 0 Å². The first-order chi connectivity index (χ1) is 9.29. The Kier molecular flexibility index (Phi) is 6.09. The van der Waals surface area contributed by atoms with Gasteiger partial charge in [0.15, 0.2) is 0 Å². The highest BCUT2D eigenvalue weighted by Crippen LogP contribution is 2.40. The third kappa shape index (κ3) is 4.76. The van der Waals surface area contributed by atoms with Crippen molar-refractivity contribution in [2.75, 3.05) is 0 Å². The third-order valence-electron chi connectivity index (χ3n) is 5.09. The Morgan fingerprint density at radius 3 is 2.00 bits per heavy atom. The molecule has 2 saturated carbocycles. The van der Waals surface area contributed by atoms with Gasteiger partial charge in [-0.3, -0.25) is 0 Å². The molecule has 19 heavy (non-hydrogen) atoms. The fourth-order valence-corrected chi connectivity index (χ4v) is 3.86. The SMILES string of the molecule is OC1CCC(C2CCC(C/C=C/C=C/F)CC2)CC1. The second kappa shape index (κ2) is 7.84. The number of allylic oxidation sites excluding steroid dienone is 3. The fourth-order valence-electron chi connectivity index (χ4n) is 3.86. The number of hydrogen-bond acceptors (Lipinski definition) is 1. The van der Waals surface area contributed by atoms with E-state index in [2.05, 4.69) is 6.08 Å². The Balaban J connectivity index is 1.67. The molecule has 0 aromatic heterocycles. The monoisotopic (exact) mass is 266 g/mol. The highest BCUT2D eigenvalue weighted by molar-refractivity contribution is 5.00. The van der Waals surface area contributed by atoms with Crippen molar-refractivity contribution < 1.29 is 9.50 Å². The Hall–Kier alpha value is -0.630. The topological polar surface area (TPSA) is 20.2 Å². The lowest BCUT2D eigenvalue weighted by Gasteiger charge is -2.36. The largest absolute Gasteiger partial charge is 0.393 e. The zero-order chi connectivity index (χ0) is 13.5. The molecule has 2 heteroatoms. The van der Waals surface area contributed by atoms with Crippen LogP contribution in [0, 0.1) is 17.8 Å². The summed E-state index contributed by atoms with van der Waals surface area (Å²) in [5.41, 5.74) is 0. The van der Waals surface area contributed by atoms with Crippen LogP contribution in [0.4, 0.5) is 4.39 Å². The summed E-state index contributed by atoms with van der Waals surface area (Å²) < 4.78 is 11.8. The van der Waals surface area contributed by atoms with Crippen molar-refractivity contribution in [3.63, 3.8) is 0 Å². The fraction of sp³-hybridized carbons (Fsp3) is 0.765. The highest BCUT2D eigenvalue weighted by atomic mass is 19.1. The maximum atomic E-state index is 11.8. The molecule has 0 heterocycles. The van der Waals surface area contributed by atoms with E-state index in [-0.39, 0.29) is 6.10 Å². The standard InChI is InChI=1S/C17H27FO/c18-13-3-1-2-4-14-5-7-15(8-6-14)16-9-11-17(19)12-10-16/h1-3,13-17,19H,4-12H2/b2-1+,13-3+. The van der Waals surface area contributed by atoms with Gasteiger partial charge in [-0.05, 0) is 81.6 Å². The maximum Gasteiger partial charge on any atom is 0.0866 e. The predicted octanol–water partition coefficient (Wildman–Crippen LogP) is 4.77. The van der Waals surface area contributed by atoms with Gasteiger partial charge < -0.3 is 5.11 Å². The van der Waals surface area contributed by atoms with Crippen molar-refractivity contribution >= 4 is 0 Å². The number of aliphatic hydroxyl groups is 1. The zero-order valence-electron chi connectivity index (χ0n) is 11.8. The smallest absolute Gasteiger partial charge is 0.0866 e. The summed E-state index contributed by atoms with van der Waals surface area (Å²) in [6, 6.07) is 0. The minimum atomic E-state index is -0.0266. The molecule has 2 aliphatic carbocycles. The van der Waals surface area contributed by atoms with E-state index in [9.17, 15) is 9.50 Å². The van der Waals surface area contributed by atoms with Crippen molar-refractivity contribution in [3.8, 4) is 0 Å². The summed E-state index contributed by atoms with van der Waals surface area (Å²) in [5.74, 6) is 2.57. The molecule has 0 amide bonds. The molecule has 1 N–H and O–H groups in total. The summed E-state index contributed by atoms with van der Waals surface area (Å²) in [5, 5.41) is 9.57. The van der Waals surface area contributed by atoms with Gasteiger partial charge in [0.25, 0.3) is 0 Å². The average molecular weight is 266 g/mol. The summed E-state index contributed by atoms with van der Waals surface area (Å²) in [4.78, 5) is 0. The van der Waals surface area contributed by atoms with E-state index < -0.39 is 0 Å². The second-order valence-electron chi connectivity index (χ2n) is 6.33. The van der Waals surface area contributed by atoms with Crippen LogP contribution in [0.15, 0.2) is 24.6 Å². The van der Waals surface area contributed by atoms with Gasteiger partial charge in [-0.15, -0.1) is 0 Å². The van der Waals surface area contributed by atoms with E-state index in [1.165, 1.54) is 44.6 Å². The molecular formula is C17H27FO. The predicted molar refractivity (Wildman–Crippen MR) is 77.4 cm³/mol. The van der Waals surface area contributed by atoms with Crippen molar-refractivity contribution in [1.82, 2.24) is 0 Å². The summed E-state index contributed by atoms with van der Waals surface area (Å²) in [7, 11) is 0. The second-order valence-corrected chi connectivity index (χ2v) is 6.33. The van der Waals surface area contributed by atoms with E-state index in [1.807, 2.05) is 6.08 Å². The van der Waals surface area contributed by atoms with Crippen LogP contribution >= 0.6 is 0 Å². The van der Waals surface area contributed by atoms with Crippen molar-refractivity contribution in [2.45, 2.75) is 63.9 Å². The minimum Gasteiger partial charge on any atom is -0.393 e. The molecular weight excluding hydrogens is 239 g/mol. The molecule has 2 aliphatic rings. The first-order valence-corrected chi connectivity index (χ1v) is 7.89. The lowest BCUT2D eigenvalue weighted by atomic mass is 9.70. The molecule has 0 atom stereocenters. The van der Waals surface area contributed by atoms with Crippen molar-refractivity contribution in [2.24, 2.45) is 17.8 Å². The summed E-state index contributed by atoms with van der Waals surface area (Å²) in [6.45, 7) is 0. The van der Waals surface area contributed by atoms with Crippen LogP contribution in [0.1, 0.15) is 57.8 Å². The number of aliphatic hydroxyl groups excluding tert-OH is 1. The van der Waals surface area contributed by atoms with E-state index in [0.717, 1.165) is 37.0 Å². The van der Waals surface area contributed by atoms with Gasteiger partial charge in [0.1, 0.15) is 0 Å². The van der Waals surface area contributed by atoms with Crippen LogP contribution in [0.5, 0.6) is 0 Å². The Labute approximate surface area is 116 Å². The normalized spacial score (nSPS) is 37.2. The Morgan fingerprint density at radius 2 is 1.42 bits per heavy atom. The van der Waals surface area contributed by atoms with E-state index in [4.69, 9.17) is 0 Å². The van der Waals surface area contributed by atoms with Crippen molar-refractivity contribution in [1.29, 1.82) is 0 Å². The minimum absolute atomic E-state index is 0.0266. The first kappa shape index (κ1) is 14.8. The molecule has 1 nitrogen and oxygen atoms in total. The van der Waals surface area contributed by atoms with Gasteiger partial charge in [0, 0.05) is 0 Å². The average Bonchev–Trinajstić information content (AvgIpc) is 2.45. The van der Waals surface area contributed by atoms with Crippen LogP contribution in [-0.2, 0) is 0 Å². The van der Waals surface area contributed by atoms with Gasteiger partial charge in [-0.2, -0.15) is 0 Å². The molecule has 0 aromatic carbocycles. The first-order valence-electron chi connectivity index (χ1n) is 7.89. The van der Waals surface area contributed by atoms with Crippen LogP contribution in [-0.4, -0.2) is 11.2 Å². The highest BCUT2D eigenvalue weighted by Gasteiger charge is 2.29. The quantitative estimate of drug-likeness (QED) is 0.726. The summed E-state index contributed by atoms with van der Waals surface area (Å²) >= 11 is 0. The molecule has 0 aromatic rings. The molecule has 108 valence electrons. The molecule has 2 fully saturated rings. The molecule has 0 spiro atoms.